The number of nitrogens with one attached hydrogen (secondary N) is 2. The van der Waals surface area contributed by atoms with Crippen molar-refractivity contribution in [2.24, 2.45) is 5.10 Å². The third kappa shape index (κ3) is 8.27. The van der Waals surface area contributed by atoms with Crippen LogP contribution in [0, 0.1) is 6.92 Å². The Balaban J connectivity index is 1.35. The summed E-state index contributed by atoms with van der Waals surface area (Å²) in [6.07, 6.45) is 1.85. The minimum atomic E-state index is -0.370. The average Bonchev–Trinajstić information content (AvgIpc) is 3.42. The lowest BCUT2D eigenvalue weighted by Gasteiger charge is -2.15. The summed E-state index contributed by atoms with van der Waals surface area (Å²) in [6, 6.07) is 22.3. The van der Waals surface area contributed by atoms with Gasteiger partial charge >= 0.3 is 0 Å². The highest BCUT2D eigenvalue weighted by molar-refractivity contribution is 9.10. The number of rotatable bonds is 11. The number of hydrazone groups is 1. The van der Waals surface area contributed by atoms with E-state index >= 15 is 0 Å². The number of carbonyl (C=O) groups is 2. The van der Waals surface area contributed by atoms with Crippen LogP contribution in [0.3, 0.4) is 0 Å². The van der Waals surface area contributed by atoms with Gasteiger partial charge in [-0.25, -0.2) is 5.43 Å². The Morgan fingerprint density at radius 3 is 2.56 bits per heavy atom. The molecule has 0 fully saturated rings. The van der Waals surface area contributed by atoms with Crippen LogP contribution in [0.25, 0.3) is 0 Å². The summed E-state index contributed by atoms with van der Waals surface area (Å²) >= 11 is 5.11. The third-order valence-corrected chi connectivity index (χ3v) is 6.99. The van der Waals surface area contributed by atoms with Gasteiger partial charge in [-0.3, -0.25) is 9.59 Å². The van der Waals surface area contributed by atoms with Crippen LogP contribution in [-0.2, 0) is 17.8 Å². The summed E-state index contributed by atoms with van der Waals surface area (Å²) < 4.78 is 12.6. The fourth-order valence-corrected chi connectivity index (χ4v) is 5.01. The van der Waals surface area contributed by atoms with E-state index in [9.17, 15) is 9.59 Å². The molecule has 3 aromatic carbocycles. The Morgan fingerprint density at radius 2 is 1.85 bits per heavy atom. The molecule has 0 aliphatic rings. The van der Waals surface area contributed by atoms with Gasteiger partial charge < -0.3 is 14.8 Å². The lowest BCUT2D eigenvalue weighted by molar-refractivity contribution is -0.115. The zero-order valence-electron chi connectivity index (χ0n) is 21.6. The molecule has 0 spiro atoms. The molecule has 0 aliphatic heterocycles. The smallest absolute Gasteiger partial charge is 0.271 e. The first-order chi connectivity index (χ1) is 18.9. The first-order valence-electron chi connectivity index (χ1n) is 12.3. The second-order valence-corrected chi connectivity index (χ2v) is 10.5. The Hall–Kier alpha value is -3.95. The second-order valence-electron chi connectivity index (χ2n) is 8.62. The molecule has 0 atom stereocenters. The number of anilines is 1. The highest BCUT2D eigenvalue weighted by atomic mass is 79.9. The number of amides is 2. The van der Waals surface area contributed by atoms with E-state index in [2.05, 4.69) is 37.8 Å². The van der Waals surface area contributed by atoms with Crippen molar-refractivity contribution in [3.63, 3.8) is 0 Å². The van der Waals surface area contributed by atoms with Gasteiger partial charge in [-0.05, 0) is 88.7 Å². The van der Waals surface area contributed by atoms with Gasteiger partial charge in [0, 0.05) is 16.1 Å². The zero-order chi connectivity index (χ0) is 27.6. The van der Waals surface area contributed by atoms with Crippen LogP contribution in [0.2, 0.25) is 0 Å². The van der Waals surface area contributed by atoms with E-state index in [1.807, 2.05) is 61.7 Å². The van der Waals surface area contributed by atoms with E-state index in [1.165, 1.54) is 23.1 Å². The molecule has 4 aromatic rings. The van der Waals surface area contributed by atoms with Crippen molar-refractivity contribution in [3.05, 3.63) is 110 Å². The van der Waals surface area contributed by atoms with Gasteiger partial charge in [-0.15, -0.1) is 11.3 Å². The molecule has 0 unspecified atom stereocenters. The van der Waals surface area contributed by atoms with Crippen LogP contribution >= 0.6 is 27.3 Å². The Kier molecular flexibility index (Phi) is 9.88. The minimum absolute atomic E-state index is 0.108. The molecule has 4 rings (SSSR count). The van der Waals surface area contributed by atoms with Gasteiger partial charge in [0.1, 0.15) is 6.61 Å². The molecule has 9 heteroatoms. The predicted molar refractivity (Wildman–Crippen MR) is 159 cm³/mol. The molecule has 0 bridgehead atoms. The SMILES string of the molecule is CCOc1cc(/C=N/NC(=O)c2ccc(NC(=O)Cc3cccs3)cc2)cc(Br)c1OCc1cccc(C)c1. The molecule has 0 saturated heterocycles. The van der Waals surface area contributed by atoms with Crippen molar-refractivity contribution in [1.82, 2.24) is 5.43 Å². The van der Waals surface area contributed by atoms with Crippen LogP contribution in [0.5, 0.6) is 11.5 Å². The van der Waals surface area contributed by atoms with E-state index in [0.717, 1.165) is 16.0 Å². The van der Waals surface area contributed by atoms with E-state index in [-0.39, 0.29) is 11.8 Å². The normalized spacial score (nSPS) is 10.8. The summed E-state index contributed by atoms with van der Waals surface area (Å²) in [6.45, 7) is 4.82. The van der Waals surface area contributed by atoms with E-state index < -0.39 is 0 Å². The summed E-state index contributed by atoms with van der Waals surface area (Å²) in [4.78, 5) is 25.7. The second kappa shape index (κ2) is 13.7. The monoisotopic (exact) mass is 605 g/mol. The minimum Gasteiger partial charge on any atom is -0.490 e. The number of ether oxygens (including phenoxy) is 2. The van der Waals surface area contributed by atoms with Gasteiger partial charge in [-0.1, -0.05) is 35.9 Å². The van der Waals surface area contributed by atoms with Crippen molar-refractivity contribution >= 4 is 51.0 Å². The predicted octanol–water partition coefficient (Wildman–Crippen LogP) is 6.74. The number of carbonyl (C=O) groups excluding carboxylic acids is 2. The third-order valence-electron chi connectivity index (χ3n) is 5.52. The van der Waals surface area contributed by atoms with Crippen LogP contribution in [-0.4, -0.2) is 24.6 Å². The number of halogens is 1. The van der Waals surface area contributed by atoms with Crippen LogP contribution in [0.4, 0.5) is 5.69 Å². The number of hydrogen-bond donors (Lipinski definition) is 2. The molecule has 1 heterocycles. The molecule has 0 aliphatic carbocycles. The lowest BCUT2D eigenvalue weighted by atomic mass is 10.1. The van der Waals surface area contributed by atoms with Gasteiger partial charge in [0.15, 0.2) is 11.5 Å². The van der Waals surface area contributed by atoms with Crippen molar-refractivity contribution in [3.8, 4) is 11.5 Å². The highest BCUT2D eigenvalue weighted by Gasteiger charge is 2.13. The molecule has 1 aromatic heterocycles. The lowest BCUT2D eigenvalue weighted by Crippen LogP contribution is -2.18. The Bertz CT molecular complexity index is 1450. The molecule has 2 amide bonds. The summed E-state index contributed by atoms with van der Waals surface area (Å²) in [7, 11) is 0. The first kappa shape index (κ1) is 28.1. The van der Waals surface area contributed by atoms with E-state index in [0.29, 0.717) is 46.9 Å². The largest absolute Gasteiger partial charge is 0.490 e. The van der Waals surface area contributed by atoms with Crippen molar-refractivity contribution in [2.45, 2.75) is 26.9 Å². The maximum absolute atomic E-state index is 12.5. The zero-order valence-corrected chi connectivity index (χ0v) is 24.0. The van der Waals surface area contributed by atoms with Crippen molar-refractivity contribution < 1.29 is 19.1 Å². The molecule has 0 radical (unpaired) electrons. The molecule has 2 N–H and O–H groups in total. The van der Waals surface area contributed by atoms with Crippen LogP contribution in [0.15, 0.2) is 87.8 Å². The number of benzene rings is 3. The van der Waals surface area contributed by atoms with Crippen LogP contribution in [0.1, 0.15) is 38.8 Å². The molecule has 0 saturated carbocycles. The van der Waals surface area contributed by atoms with Crippen molar-refractivity contribution in [1.29, 1.82) is 0 Å². The number of hydrogen-bond acceptors (Lipinski definition) is 6. The number of aryl methyl sites for hydroxylation is 1. The van der Waals surface area contributed by atoms with Gasteiger partial charge in [0.25, 0.3) is 5.91 Å². The van der Waals surface area contributed by atoms with E-state index in [4.69, 9.17) is 9.47 Å². The standard InChI is InChI=1S/C30H28BrN3O4S/c1-3-37-27-16-22(15-26(31)29(27)38-19-21-7-4-6-20(2)14-21)18-32-34-30(36)23-9-11-24(12-10-23)33-28(35)17-25-8-5-13-39-25/h4-16,18H,3,17,19H2,1-2H3,(H,33,35)(H,34,36)/b32-18+. The van der Waals surface area contributed by atoms with Crippen LogP contribution < -0.4 is 20.2 Å². The molecular weight excluding hydrogens is 578 g/mol. The molecule has 7 nitrogen and oxygen atoms in total. The number of thiophene rings is 1. The molecule has 39 heavy (non-hydrogen) atoms. The van der Waals surface area contributed by atoms with Gasteiger partial charge in [0.2, 0.25) is 5.91 Å². The Morgan fingerprint density at radius 1 is 1.03 bits per heavy atom. The molecular formula is C30H28BrN3O4S. The fraction of sp³-hybridized carbons (Fsp3) is 0.167. The number of nitrogens with zero attached hydrogens (tertiary/aromatic N) is 1. The highest BCUT2D eigenvalue weighted by Crippen LogP contribution is 2.37. The quantitative estimate of drug-likeness (QED) is 0.146. The van der Waals surface area contributed by atoms with Crippen molar-refractivity contribution in [2.75, 3.05) is 11.9 Å². The fourth-order valence-electron chi connectivity index (χ4n) is 3.73. The topological polar surface area (TPSA) is 89.0 Å². The summed E-state index contributed by atoms with van der Waals surface area (Å²) in [5, 5.41) is 8.87. The average molecular weight is 607 g/mol. The van der Waals surface area contributed by atoms with Gasteiger partial charge in [-0.2, -0.15) is 5.10 Å². The summed E-state index contributed by atoms with van der Waals surface area (Å²) in [5.41, 5.74) is 6.52. The molecule has 200 valence electrons. The maximum Gasteiger partial charge on any atom is 0.271 e. The maximum atomic E-state index is 12.5. The Labute approximate surface area is 240 Å². The first-order valence-corrected chi connectivity index (χ1v) is 14.0. The van der Waals surface area contributed by atoms with E-state index in [1.54, 1.807) is 24.3 Å². The summed E-state index contributed by atoms with van der Waals surface area (Å²) in [5.74, 6) is 0.694. The van der Waals surface area contributed by atoms with Gasteiger partial charge in [0.05, 0.1) is 23.7 Å².